The molecule has 29 heavy (non-hydrogen) atoms. The summed E-state index contributed by atoms with van der Waals surface area (Å²) < 4.78 is 13.0. The number of hydrogen-bond acceptors (Lipinski definition) is 4. The van der Waals surface area contributed by atoms with Crippen LogP contribution in [0, 0.1) is 11.7 Å². The van der Waals surface area contributed by atoms with Crippen molar-refractivity contribution in [2.24, 2.45) is 10.9 Å². The van der Waals surface area contributed by atoms with E-state index in [-0.39, 0.29) is 17.8 Å². The Hall–Kier alpha value is -2.89. The molecular formula is C23H27FN4O. The van der Waals surface area contributed by atoms with E-state index in [1.54, 1.807) is 0 Å². The Morgan fingerprint density at radius 2 is 1.86 bits per heavy atom. The number of carbonyl (C=O) groups is 1. The fraction of sp³-hybridized carbons (Fsp3) is 0.391. The van der Waals surface area contributed by atoms with Crippen LogP contribution in [0.4, 0.5) is 10.1 Å². The molecule has 0 bridgehead atoms. The summed E-state index contributed by atoms with van der Waals surface area (Å²) >= 11 is 0. The second-order valence-corrected chi connectivity index (χ2v) is 8.10. The topological polar surface area (TPSA) is 56.7 Å². The first-order chi connectivity index (χ1) is 14.0. The third-order valence-corrected chi connectivity index (χ3v) is 5.79. The van der Waals surface area contributed by atoms with Crippen LogP contribution >= 0.6 is 0 Å². The zero-order valence-electron chi connectivity index (χ0n) is 16.9. The zero-order chi connectivity index (χ0) is 20.4. The van der Waals surface area contributed by atoms with Crippen LogP contribution in [0.15, 0.2) is 53.5 Å². The van der Waals surface area contributed by atoms with E-state index in [0.29, 0.717) is 23.2 Å². The second-order valence-electron chi connectivity index (χ2n) is 8.10. The normalized spacial score (nSPS) is 21.9. The van der Waals surface area contributed by atoms with Gasteiger partial charge in [0.05, 0.1) is 18.6 Å². The highest BCUT2D eigenvalue weighted by molar-refractivity contribution is 6.04. The Bertz CT molecular complexity index is 894. The van der Waals surface area contributed by atoms with Crippen LogP contribution in [-0.2, 0) is 0 Å². The van der Waals surface area contributed by atoms with E-state index in [1.165, 1.54) is 37.1 Å². The maximum Gasteiger partial charge on any atom is 0.255 e. The molecule has 2 N–H and O–H groups in total. The van der Waals surface area contributed by atoms with Gasteiger partial charge in [0.25, 0.3) is 5.91 Å². The summed E-state index contributed by atoms with van der Waals surface area (Å²) in [6.45, 7) is 6.37. The molecule has 6 heteroatoms. The Morgan fingerprint density at radius 1 is 1.14 bits per heavy atom. The lowest BCUT2D eigenvalue weighted by molar-refractivity contribution is 0.102. The SMILES string of the molecule is CC1CCC2CN=C(NC(C)c3ccc(NC(=O)c4ccc(F)cc4)cc3)N2C1. The Balaban J connectivity index is 1.36. The number of benzene rings is 2. The quantitative estimate of drug-likeness (QED) is 0.817. The predicted molar refractivity (Wildman–Crippen MR) is 114 cm³/mol. The molecule has 2 aromatic carbocycles. The lowest BCUT2D eigenvalue weighted by Gasteiger charge is -2.36. The van der Waals surface area contributed by atoms with Gasteiger partial charge in [-0.05, 0) is 67.6 Å². The number of carbonyl (C=O) groups excluding carboxylic acids is 1. The van der Waals surface area contributed by atoms with Crippen LogP contribution in [-0.4, -0.2) is 35.9 Å². The number of nitrogens with one attached hydrogen (secondary N) is 2. The molecule has 3 atom stereocenters. The summed E-state index contributed by atoms with van der Waals surface area (Å²) in [6.07, 6.45) is 2.50. The van der Waals surface area contributed by atoms with Gasteiger partial charge in [-0.2, -0.15) is 0 Å². The van der Waals surface area contributed by atoms with Gasteiger partial charge in [-0.3, -0.25) is 9.79 Å². The monoisotopic (exact) mass is 394 g/mol. The number of piperidine rings is 1. The molecular weight excluding hydrogens is 367 g/mol. The van der Waals surface area contributed by atoms with E-state index in [4.69, 9.17) is 4.99 Å². The van der Waals surface area contributed by atoms with Crippen LogP contribution in [0.5, 0.6) is 0 Å². The van der Waals surface area contributed by atoms with Gasteiger partial charge in [0.15, 0.2) is 5.96 Å². The predicted octanol–water partition coefficient (Wildman–Crippen LogP) is 4.20. The van der Waals surface area contributed by atoms with E-state index >= 15 is 0 Å². The molecule has 3 unspecified atom stereocenters. The van der Waals surface area contributed by atoms with Crippen molar-refractivity contribution in [1.82, 2.24) is 10.2 Å². The molecule has 0 spiro atoms. The molecule has 5 nitrogen and oxygen atoms in total. The maximum atomic E-state index is 13.0. The molecule has 1 fully saturated rings. The third-order valence-electron chi connectivity index (χ3n) is 5.79. The highest BCUT2D eigenvalue weighted by Gasteiger charge is 2.33. The number of guanidine groups is 1. The van der Waals surface area contributed by atoms with Gasteiger partial charge in [-0.1, -0.05) is 19.1 Å². The second kappa shape index (κ2) is 8.23. The average Bonchev–Trinajstić information content (AvgIpc) is 3.11. The molecule has 2 aliphatic heterocycles. The highest BCUT2D eigenvalue weighted by atomic mass is 19.1. The standard InChI is InChI=1S/C23H27FN4O/c1-15-3-12-21-13-25-23(28(21)14-15)26-16(2)17-6-10-20(11-7-17)27-22(29)18-4-8-19(24)9-5-18/h4-11,15-16,21H,3,12-14H2,1-2H3,(H,25,26)(H,27,29). The molecule has 1 saturated heterocycles. The first-order valence-corrected chi connectivity index (χ1v) is 10.2. The molecule has 2 heterocycles. The van der Waals surface area contributed by atoms with Crippen molar-refractivity contribution in [1.29, 1.82) is 0 Å². The molecule has 2 aromatic rings. The van der Waals surface area contributed by atoms with Crippen LogP contribution in [0.2, 0.25) is 0 Å². The summed E-state index contributed by atoms with van der Waals surface area (Å²) in [6, 6.07) is 14.0. The van der Waals surface area contributed by atoms with Gasteiger partial charge in [0, 0.05) is 17.8 Å². The minimum absolute atomic E-state index is 0.117. The fourth-order valence-corrected chi connectivity index (χ4v) is 4.01. The van der Waals surface area contributed by atoms with Crippen molar-refractivity contribution in [3.8, 4) is 0 Å². The number of halogens is 1. The molecule has 4 rings (SSSR count). The highest BCUT2D eigenvalue weighted by Crippen LogP contribution is 2.26. The van der Waals surface area contributed by atoms with Crippen molar-refractivity contribution < 1.29 is 9.18 Å². The lowest BCUT2D eigenvalue weighted by Crippen LogP contribution is -2.48. The minimum atomic E-state index is -0.357. The van der Waals surface area contributed by atoms with Gasteiger partial charge in [-0.25, -0.2) is 4.39 Å². The van der Waals surface area contributed by atoms with Crippen LogP contribution in [0.3, 0.4) is 0 Å². The molecule has 0 saturated carbocycles. The lowest BCUT2D eigenvalue weighted by atomic mass is 9.95. The first kappa shape index (κ1) is 19.4. The van der Waals surface area contributed by atoms with E-state index in [1.807, 2.05) is 24.3 Å². The molecule has 2 aliphatic rings. The smallest absolute Gasteiger partial charge is 0.255 e. The Labute approximate surface area is 171 Å². The first-order valence-electron chi connectivity index (χ1n) is 10.2. The maximum absolute atomic E-state index is 13.0. The van der Waals surface area contributed by atoms with E-state index in [0.717, 1.165) is 24.6 Å². The molecule has 0 aromatic heterocycles. The fourth-order valence-electron chi connectivity index (χ4n) is 4.01. The number of aliphatic imine (C=N–C) groups is 1. The summed E-state index contributed by atoms with van der Waals surface area (Å²) in [4.78, 5) is 19.4. The van der Waals surface area contributed by atoms with Crippen LogP contribution in [0.1, 0.15) is 48.7 Å². The number of anilines is 1. The number of amides is 1. The van der Waals surface area contributed by atoms with Gasteiger partial charge in [0.1, 0.15) is 5.82 Å². The summed E-state index contributed by atoms with van der Waals surface area (Å²) in [7, 11) is 0. The summed E-state index contributed by atoms with van der Waals surface area (Å²) in [5, 5.41) is 6.40. The van der Waals surface area contributed by atoms with Crippen molar-refractivity contribution in [3.05, 3.63) is 65.5 Å². The van der Waals surface area contributed by atoms with Crippen molar-refractivity contribution in [2.75, 3.05) is 18.4 Å². The van der Waals surface area contributed by atoms with Crippen LogP contribution < -0.4 is 10.6 Å². The molecule has 0 aliphatic carbocycles. The van der Waals surface area contributed by atoms with E-state index in [9.17, 15) is 9.18 Å². The van der Waals surface area contributed by atoms with E-state index < -0.39 is 0 Å². The average molecular weight is 394 g/mol. The summed E-state index contributed by atoms with van der Waals surface area (Å²) in [5.74, 6) is 1.09. The number of nitrogens with zero attached hydrogens (tertiary/aromatic N) is 2. The Kier molecular flexibility index (Phi) is 5.51. The molecule has 152 valence electrons. The van der Waals surface area contributed by atoms with Crippen molar-refractivity contribution in [2.45, 2.75) is 38.8 Å². The number of rotatable bonds is 4. The molecule has 1 amide bonds. The van der Waals surface area contributed by atoms with Gasteiger partial charge in [0.2, 0.25) is 0 Å². The van der Waals surface area contributed by atoms with Gasteiger partial charge in [-0.15, -0.1) is 0 Å². The largest absolute Gasteiger partial charge is 0.350 e. The number of fused-ring (bicyclic) bond motifs is 1. The van der Waals surface area contributed by atoms with E-state index in [2.05, 4.69) is 29.4 Å². The number of hydrogen-bond donors (Lipinski definition) is 2. The van der Waals surface area contributed by atoms with Crippen molar-refractivity contribution >= 4 is 17.6 Å². The summed E-state index contributed by atoms with van der Waals surface area (Å²) in [5.41, 5.74) is 2.26. The minimum Gasteiger partial charge on any atom is -0.350 e. The Morgan fingerprint density at radius 3 is 2.59 bits per heavy atom. The van der Waals surface area contributed by atoms with Crippen LogP contribution in [0.25, 0.3) is 0 Å². The van der Waals surface area contributed by atoms with Crippen molar-refractivity contribution in [3.63, 3.8) is 0 Å². The zero-order valence-corrected chi connectivity index (χ0v) is 16.9. The van der Waals surface area contributed by atoms with Gasteiger partial charge < -0.3 is 15.5 Å². The third kappa shape index (κ3) is 4.42. The van der Waals surface area contributed by atoms with Gasteiger partial charge >= 0.3 is 0 Å². The molecule has 0 radical (unpaired) electrons.